The third-order valence-corrected chi connectivity index (χ3v) is 6.15. The molecule has 1 aromatic heterocycles. The molecule has 4 rings (SSSR count). The van der Waals surface area contributed by atoms with Crippen molar-refractivity contribution in [2.45, 2.75) is 31.8 Å². The minimum absolute atomic E-state index is 0.0706. The van der Waals surface area contributed by atoms with Gasteiger partial charge in [0.1, 0.15) is 10.7 Å². The van der Waals surface area contributed by atoms with Gasteiger partial charge in [-0.25, -0.2) is 4.98 Å². The van der Waals surface area contributed by atoms with Crippen LogP contribution in [0.5, 0.6) is 0 Å². The van der Waals surface area contributed by atoms with Gasteiger partial charge in [-0.1, -0.05) is 12.1 Å². The van der Waals surface area contributed by atoms with Gasteiger partial charge >= 0.3 is 0 Å². The van der Waals surface area contributed by atoms with E-state index in [-0.39, 0.29) is 17.6 Å². The minimum Gasteiger partial charge on any atom is -0.377 e. The van der Waals surface area contributed by atoms with Crippen molar-refractivity contribution in [2.75, 3.05) is 12.4 Å². The average molecular weight is 396 g/mol. The van der Waals surface area contributed by atoms with Crippen molar-refractivity contribution < 1.29 is 9.72 Å². The topological polar surface area (TPSA) is 88.4 Å². The molecule has 1 amide bonds. The summed E-state index contributed by atoms with van der Waals surface area (Å²) in [5.74, 6) is -0.271. The highest BCUT2D eigenvalue weighted by molar-refractivity contribution is 7.18. The Kier molecular flexibility index (Phi) is 4.72. The lowest BCUT2D eigenvalue weighted by Crippen LogP contribution is -2.29. The van der Waals surface area contributed by atoms with Crippen molar-refractivity contribution in [1.29, 1.82) is 0 Å². The Labute approximate surface area is 166 Å². The molecule has 1 aliphatic carbocycles. The first kappa shape index (κ1) is 18.4. The van der Waals surface area contributed by atoms with Crippen molar-refractivity contribution >= 4 is 38.8 Å². The van der Waals surface area contributed by atoms with E-state index >= 15 is 0 Å². The van der Waals surface area contributed by atoms with Crippen LogP contribution in [0.4, 0.5) is 11.4 Å². The molecule has 1 heterocycles. The van der Waals surface area contributed by atoms with Crippen molar-refractivity contribution in [1.82, 2.24) is 9.88 Å². The number of thiazole rings is 1. The van der Waals surface area contributed by atoms with Crippen LogP contribution < -0.4 is 5.32 Å². The second-order valence-electron chi connectivity index (χ2n) is 7.02. The molecule has 3 aromatic rings. The van der Waals surface area contributed by atoms with Gasteiger partial charge in [-0.05, 0) is 44.0 Å². The zero-order valence-electron chi connectivity index (χ0n) is 15.6. The van der Waals surface area contributed by atoms with Gasteiger partial charge in [0.05, 0.1) is 21.2 Å². The molecule has 1 saturated carbocycles. The molecule has 0 unspecified atom stereocenters. The second-order valence-corrected chi connectivity index (χ2v) is 8.08. The van der Waals surface area contributed by atoms with E-state index in [1.54, 1.807) is 35.4 Å². The summed E-state index contributed by atoms with van der Waals surface area (Å²) in [6, 6.07) is 12.5. The number of hydrogen-bond donors (Lipinski definition) is 1. The number of nitrogens with zero attached hydrogens (tertiary/aromatic N) is 3. The average Bonchev–Trinajstić information content (AvgIpc) is 3.40. The quantitative estimate of drug-likeness (QED) is 0.485. The minimum atomic E-state index is -0.446. The Hall–Kier alpha value is -3.00. The zero-order chi connectivity index (χ0) is 19.8. The highest BCUT2D eigenvalue weighted by atomic mass is 32.1. The van der Waals surface area contributed by atoms with Crippen molar-refractivity contribution in [3.63, 3.8) is 0 Å². The number of rotatable bonds is 6. The molecule has 1 N–H and O–H groups in total. The van der Waals surface area contributed by atoms with Crippen LogP contribution in [-0.4, -0.2) is 33.8 Å². The monoisotopic (exact) mass is 396 g/mol. The molecular weight excluding hydrogens is 376 g/mol. The van der Waals surface area contributed by atoms with Gasteiger partial charge in [-0.3, -0.25) is 14.9 Å². The first-order valence-corrected chi connectivity index (χ1v) is 9.93. The standard InChI is InChI=1S/C20H20N4O3S/c1-12(19-22-16-5-3-4-6-18(16)28-19)23(2)20(25)13-7-10-15(21-14-8-9-14)17(11-13)24(26)27/h3-7,10-12,14,21H,8-9H2,1-2H3/t12-/m1/s1. The molecule has 0 aliphatic heterocycles. The van der Waals surface area contributed by atoms with Crippen molar-refractivity contribution in [2.24, 2.45) is 0 Å². The van der Waals surface area contributed by atoms with E-state index in [9.17, 15) is 14.9 Å². The number of anilines is 1. The number of fused-ring (bicyclic) bond motifs is 1. The summed E-state index contributed by atoms with van der Waals surface area (Å²) in [5, 5.41) is 15.4. The van der Waals surface area contributed by atoms with E-state index in [1.165, 1.54) is 6.07 Å². The van der Waals surface area contributed by atoms with Crippen LogP contribution in [-0.2, 0) is 0 Å². The Bertz CT molecular complexity index is 1030. The van der Waals surface area contributed by atoms with Gasteiger partial charge in [-0.15, -0.1) is 11.3 Å². The Morgan fingerprint density at radius 3 is 2.75 bits per heavy atom. The number of amides is 1. The van der Waals surface area contributed by atoms with Gasteiger partial charge in [0, 0.05) is 24.7 Å². The third kappa shape index (κ3) is 3.55. The maximum Gasteiger partial charge on any atom is 0.293 e. The SMILES string of the molecule is C[C@H](c1nc2ccccc2s1)N(C)C(=O)c1ccc(NC2CC2)c([N+](=O)[O-])c1. The number of carbonyl (C=O) groups excluding carboxylic acids is 1. The predicted molar refractivity (Wildman–Crippen MR) is 110 cm³/mol. The highest BCUT2D eigenvalue weighted by Crippen LogP contribution is 2.33. The van der Waals surface area contributed by atoms with Crippen LogP contribution >= 0.6 is 11.3 Å². The smallest absolute Gasteiger partial charge is 0.293 e. The van der Waals surface area contributed by atoms with Crippen LogP contribution in [0.25, 0.3) is 10.2 Å². The number of nitro benzene ring substituents is 1. The molecular formula is C20H20N4O3S. The van der Waals surface area contributed by atoms with E-state index in [0.29, 0.717) is 17.3 Å². The first-order valence-electron chi connectivity index (χ1n) is 9.11. The van der Waals surface area contributed by atoms with Crippen molar-refractivity contribution in [3.8, 4) is 0 Å². The van der Waals surface area contributed by atoms with E-state index in [4.69, 9.17) is 0 Å². The first-order chi connectivity index (χ1) is 13.4. The summed E-state index contributed by atoms with van der Waals surface area (Å²) in [4.78, 5) is 30.2. The summed E-state index contributed by atoms with van der Waals surface area (Å²) in [5.41, 5.74) is 1.59. The lowest BCUT2D eigenvalue weighted by molar-refractivity contribution is -0.384. The summed E-state index contributed by atoms with van der Waals surface area (Å²) in [6.45, 7) is 1.91. The number of hydrogen-bond acceptors (Lipinski definition) is 6. The van der Waals surface area contributed by atoms with E-state index in [1.807, 2.05) is 31.2 Å². The van der Waals surface area contributed by atoms with Crippen LogP contribution in [0, 0.1) is 10.1 Å². The summed E-state index contributed by atoms with van der Waals surface area (Å²) < 4.78 is 1.07. The number of benzene rings is 2. The third-order valence-electron chi connectivity index (χ3n) is 4.95. The molecule has 144 valence electrons. The number of nitrogens with one attached hydrogen (secondary N) is 1. The number of aromatic nitrogens is 1. The van der Waals surface area contributed by atoms with E-state index in [0.717, 1.165) is 28.1 Å². The highest BCUT2D eigenvalue weighted by Gasteiger charge is 2.27. The zero-order valence-corrected chi connectivity index (χ0v) is 16.4. The fourth-order valence-electron chi connectivity index (χ4n) is 3.00. The number of para-hydroxylation sites is 1. The van der Waals surface area contributed by atoms with Crippen LogP contribution in [0.15, 0.2) is 42.5 Å². The van der Waals surface area contributed by atoms with E-state index in [2.05, 4.69) is 10.3 Å². The molecule has 28 heavy (non-hydrogen) atoms. The molecule has 0 radical (unpaired) electrons. The molecule has 0 saturated heterocycles. The molecule has 0 bridgehead atoms. The fraction of sp³-hybridized carbons (Fsp3) is 0.300. The van der Waals surface area contributed by atoms with Gasteiger partial charge in [0.25, 0.3) is 11.6 Å². The van der Waals surface area contributed by atoms with Crippen LogP contribution in [0.2, 0.25) is 0 Å². The molecule has 1 atom stereocenters. The fourth-order valence-corrected chi connectivity index (χ4v) is 4.06. The van der Waals surface area contributed by atoms with Gasteiger partial charge in [-0.2, -0.15) is 0 Å². The lowest BCUT2D eigenvalue weighted by atomic mass is 10.1. The molecule has 1 fully saturated rings. The Morgan fingerprint density at radius 1 is 1.32 bits per heavy atom. The normalized spacial score (nSPS) is 14.6. The predicted octanol–water partition coefficient (Wildman–Crippen LogP) is 4.61. The van der Waals surface area contributed by atoms with Crippen LogP contribution in [0.1, 0.15) is 41.2 Å². The molecule has 0 spiro atoms. The van der Waals surface area contributed by atoms with Crippen LogP contribution in [0.3, 0.4) is 0 Å². The largest absolute Gasteiger partial charge is 0.377 e. The van der Waals surface area contributed by atoms with Gasteiger partial charge in [0.15, 0.2) is 0 Å². The maximum absolute atomic E-state index is 13.0. The molecule has 2 aromatic carbocycles. The summed E-state index contributed by atoms with van der Waals surface area (Å²) in [6.07, 6.45) is 2.03. The Morgan fingerprint density at radius 2 is 2.07 bits per heavy atom. The number of carbonyl (C=O) groups is 1. The van der Waals surface area contributed by atoms with Gasteiger partial charge < -0.3 is 10.2 Å². The van der Waals surface area contributed by atoms with E-state index < -0.39 is 4.92 Å². The summed E-state index contributed by atoms with van der Waals surface area (Å²) >= 11 is 1.55. The second kappa shape index (κ2) is 7.20. The number of nitro groups is 1. The van der Waals surface area contributed by atoms with Gasteiger partial charge in [0.2, 0.25) is 0 Å². The molecule has 1 aliphatic rings. The van der Waals surface area contributed by atoms with Crippen molar-refractivity contribution in [3.05, 3.63) is 63.1 Å². The lowest BCUT2D eigenvalue weighted by Gasteiger charge is -2.23. The maximum atomic E-state index is 13.0. The molecule has 8 heteroatoms. The molecule has 7 nitrogen and oxygen atoms in total. The Balaban J connectivity index is 1.58. The summed E-state index contributed by atoms with van der Waals surface area (Å²) in [7, 11) is 1.70.